The monoisotopic (exact) mass is 296 g/mol. The number of aryl methyl sites for hydroxylation is 1. The second kappa shape index (κ2) is 6.74. The molecule has 1 amide bonds. The van der Waals surface area contributed by atoms with Gasteiger partial charge in [-0.3, -0.25) is 4.79 Å². The number of carbonyl (C=O) groups is 1. The number of nitrogens with two attached hydrogens (primary N) is 1. The minimum Gasteiger partial charge on any atom is -0.350 e. The average Bonchev–Trinajstić information content (AvgIpc) is 2.99. The first-order valence-electron chi connectivity index (χ1n) is 6.02. The molecule has 2 aromatic rings. The predicted octanol–water partition coefficient (Wildman–Crippen LogP) is 1.38. The van der Waals surface area contributed by atoms with Crippen LogP contribution in [0.1, 0.15) is 26.2 Å². The van der Waals surface area contributed by atoms with Crippen LogP contribution in [0.5, 0.6) is 0 Å². The van der Waals surface area contributed by atoms with Crippen LogP contribution in [-0.2, 0) is 12.8 Å². The zero-order valence-corrected chi connectivity index (χ0v) is 12.3. The standard InChI is InChI=1S/C12H16N4OS2/c1-8-6-18-11(15-8)3-5-14-12(17)9-7-19-10(16-9)2-4-13/h6-7H,2-5,13H2,1H3,(H,14,17). The molecule has 0 bridgehead atoms. The molecule has 2 heterocycles. The fourth-order valence-corrected chi connectivity index (χ4v) is 3.11. The number of aromatic nitrogens is 2. The number of hydrogen-bond donors (Lipinski definition) is 2. The fraction of sp³-hybridized carbons (Fsp3) is 0.417. The van der Waals surface area contributed by atoms with E-state index < -0.39 is 0 Å². The maximum absolute atomic E-state index is 11.8. The Hall–Kier alpha value is -1.31. The summed E-state index contributed by atoms with van der Waals surface area (Å²) in [6.07, 6.45) is 1.47. The Morgan fingerprint density at radius 3 is 2.68 bits per heavy atom. The molecule has 0 saturated carbocycles. The van der Waals surface area contributed by atoms with Crippen molar-refractivity contribution in [2.24, 2.45) is 5.73 Å². The zero-order valence-electron chi connectivity index (χ0n) is 10.7. The van der Waals surface area contributed by atoms with Gasteiger partial charge in [-0.2, -0.15) is 0 Å². The van der Waals surface area contributed by atoms with Crippen molar-refractivity contribution < 1.29 is 4.79 Å². The van der Waals surface area contributed by atoms with Crippen molar-refractivity contribution in [2.75, 3.05) is 13.1 Å². The van der Waals surface area contributed by atoms with E-state index in [9.17, 15) is 4.79 Å². The third kappa shape index (κ3) is 4.09. The van der Waals surface area contributed by atoms with Gasteiger partial charge in [0.1, 0.15) is 5.69 Å². The van der Waals surface area contributed by atoms with Gasteiger partial charge in [-0.1, -0.05) is 0 Å². The molecular formula is C12H16N4OS2. The highest BCUT2D eigenvalue weighted by atomic mass is 32.1. The molecule has 2 aromatic heterocycles. The van der Waals surface area contributed by atoms with Gasteiger partial charge in [-0.05, 0) is 13.5 Å². The number of nitrogens with zero attached hydrogens (tertiary/aromatic N) is 2. The van der Waals surface area contributed by atoms with Gasteiger partial charge in [0.05, 0.1) is 10.0 Å². The minimum atomic E-state index is -0.132. The molecule has 0 unspecified atom stereocenters. The Bertz CT molecular complexity index is 549. The van der Waals surface area contributed by atoms with Crippen LogP contribution in [0.2, 0.25) is 0 Å². The molecule has 102 valence electrons. The molecule has 0 saturated heterocycles. The van der Waals surface area contributed by atoms with Gasteiger partial charge in [-0.15, -0.1) is 22.7 Å². The quantitative estimate of drug-likeness (QED) is 0.844. The smallest absolute Gasteiger partial charge is 0.270 e. The van der Waals surface area contributed by atoms with Crippen molar-refractivity contribution in [3.63, 3.8) is 0 Å². The highest BCUT2D eigenvalue weighted by molar-refractivity contribution is 7.10. The van der Waals surface area contributed by atoms with E-state index in [1.165, 1.54) is 11.3 Å². The van der Waals surface area contributed by atoms with Crippen LogP contribution in [0.4, 0.5) is 0 Å². The third-order valence-electron chi connectivity index (χ3n) is 2.43. The molecule has 3 N–H and O–H groups in total. The number of hydrogen-bond acceptors (Lipinski definition) is 6. The van der Waals surface area contributed by atoms with Gasteiger partial charge in [0.15, 0.2) is 0 Å². The van der Waals surface area contributed by atoms with Crippen LogP contribution >= 0.6 is 22.7 Å². The molecule has 0 spiro atoms. The number of nitrogens with one attached hydrogen (secondary N) is 1. The van der Waals surface area contributed by atoms with Gasteiger partial charge in [0.2, 0.25) is 0 Å². The summed E-state index contributed by atoms with van der Waals surface area (Å²) in [6, 6.07) is 0. The summed E-state index contributed by atoms with van der Waals surface area (Å²) < 4.78 is 0. The van der Waals surface area contributed by atoms with Crippen molar-refractivity contribution in [3.05, 3.63) is 32.2 Å². The first kappa shape index (κ1) is 14.1. The van der Waals surface area contributed by atoms with Gasteiger partial charge in [0.25, 0.3) is 5.91 Å². The molecule has 2 rings (SSSR count). The van der Waals surface area contributed by atoms with Crippen LogP contribution in [0.15, 0.2) is 10.8 Å². The SMILES string of the molecule is Cc1csc(CCNC(=O)c2csc(CCN)n2)n1. The Morgan fingerprint density at radius 1 is 1.26 bits per heavy atom. The summed E-state index contributed by atoms with van der Waals surface area (Å²) in [5, 5.41) is 8.58. The summed E-state index contributed by atoms with van der Waals surface area (Å²) in [6.45, 7) is 3.10. The van der Waals surface area contributed by atoms with E-state index in [0.29, 0.717) is 18.8 Å². The van der Waals surface area contributed by atoms with Crippen molar-refractivity contribution in [1.29, 1.82) is 0 Å². The molecule has 0 aliphatic carbocycles. The van der Waals surface area contributed by atoms with E-state index in [-0.39, 0.29) is 5.91 Å². The molecule has 0 fully saturated rings. The van der Waals surface area contributed by atoms with Crippen molar-refractivity contribution >= 4 is 28.6 Å². The van der Waals surface area contributed by atoms with Crippen molar-refractivity contribution in [2.45, 2.75) is 19.8 Å². The van der Waals surface area contributed by atoms with Crippen molar-refractivity contribution in [3.8, 4) is 0 Å². The number of carbonyl (C=O) groups excluding carboxylic acids is 1. The molecule has 0 aliphatic rings. The molecule has 0 aliphatic heterocycles. The van der Waals surface area contributed by atoms with E-state index in [1.54, 1.807) is 16.7 Å². The lowest BCUT2D eigenvalue weighted by Crippen LogP contribution is -2.26. The normalized spacial score (nSPS) is 10.6. The fourth-order valence-electron chi connectivity index (χ4n) is 1.54. The van der Waals surface area contributed by atoms with E-state index in [4.69, 9.17) is 5.73 Å². The first-order valence-corrected chi connectivity index (χ1v) is 7.78. The summed E-state index contributed by atoms with van der Waals surface area (Å²) in [5.74, 6) is -0.132. The Balaban J connectivity index is 1.80. The highest BCUT2D eigenvalue weighted by Crippen LogP contribution is 2.11. The number of rotatable bonds is 6. The summed E-state index contributed by atoms with van der Waals surface area (Å²) in [4.78, 5) is 20.4. The maximum Gasteiger partial charge on any atom is 0.270 e. The maximum atomic E-state index is 11.8. The van der Waals surface area contributed by atoms with Crippen molar-refractivity contribution in [1.82, 2.24) is 15.3 Å². The largest absolute Gasteiger partial charge is 0.350 e. The topological polar surface area (TPSA) is 80.9 Å². The zero-order chi connectivity index (χ0) is 13.7. The Morgan fingerprint density at radius 2 is 2.00 bits per heavy atom. The van der Waals surface area contributed by atoms with Gasteiger partial charge in [0, 0.05) is 35.8 Å². The molecule has 19 heavy (non-hydrogen) atoms. The van der Waals surface area contributed by atoms with E-state index in [0.717, 1.165) is 28.6 Å². The lowest BCUT2D eigenvalue weighted by molar-refractivity contribution is 0.0949. The van der Waals surface area contributed by atoms with Crippen LogP contribution in [0.25, 0.3) is 0 Å². The number of amides is 1. The second-order valence-electron chi connectivity index (χ2n) is 4.05. The first-order chi connectivity index (χ1) is 9.19. The molecule has 0 atom stereocenters. The Kier molecular flexibility index (Phi) is 5.00. The van der Waals surface area contributed by atoms with E-state index >= 15 is 0 Å². The molecular weight excluding hydrogens is 280 g/mol. The van der Waals surface area contributed by atoms with Gasteiger partial charge >= 0.3 is 0 Å². The van der Waals surface area contributed by atoms with E-state index in [1.807, 2.05) is 12.3 Å². The predicted molar refractivity (Wildman–Crippen MR) is 77.8 cm³/mol. The molecule has 5 nitrogen and oxygen atoms in total. The van der Waals surface area contributed by atoms with Crippen LogP contribution in [0, 0.1) is 6.92 Å². The second-order valence-corrected chi connectivity index (χ2v) is 5.94. The molecule has 0 radical (unpaired) electrons. The lowest BCUT2D eigenvalue weighted by atomic mass is 10.4. The van der Waals surface area contributed by atoms with Crippen LogP contribution < -0.4 is 11.1 Å². The summed E-state index contributed by atoms with van der Waals surface area (Å²) >= 11 is 3.09. The Labute approximate surface area is 119 Å². The number of thiazole rings is 2. The third-order valence-corrected chi connectivity index (χ3v) is 4.37. The van der Waals surface area contributed by atoms with Crippen LogP contribution in [-0.4, -0.2) is 29.0 Å². The van der Waals surface area contributed by atoms with Gasteiger partial charge in [-0.25, -0.2) is 9.97 Å². The van der Waals surface area contributed by atoms with Gasteiger partial charge < -0.3 is 11.1 Å². The summed E-state index contributed by atoms with van der Waals surface area (Å²) in [5.41, 5.74) is 6.95. The average molecular weight is 296 g/mol. The summed E-state index contributed by atoms with van der Waals surface area (Å²) in [7, 11) is 0. The lowest BCUT2D eigenvalue weighted by Gasteiger charge is -2.00. The highest BCUT2D eigenvalue weighted by Gasteiger charge is 2.10. The van der Waals surface area contributed by atoms with Crippen LogP contribution in [0.3, 0.4) is 0 Å². The molecule has 0 aromatic carbocycles. The molecule has 7 heteroatoms. The minimum absolute atomic E-state index is 0.132. The van der Waals surface area contributed by atoms with E-state index in [2.05, 4.69) is 15.3 Å².